The zero-order valence-corrected chi connectivity index (χ0v) is 16.8. The van der Waals surface area contributed by atoms with Gasteiger partial charge in [0.1, 0.15) is 23.5 Å². The van der Waals surface area contributed by atoms with Crippen LogP contribution in [-0.2, 0) is 17.9 Å². The minimum Gasteiger partial charge on any atom is -0.489 e. The third kappa shape index (κ3) is 4.93. The van der Waals surface area contributed by atoms with Crippen molar-refractivity contribution in [3.8, 4) is 16.3 Å². The molecule has 1 atom stereocenters. The summed E-state index contributed by atoms with van der Waals surface area (Å²) in [5.74, 6) is 0.786. The Labute approximate surface area is 173 Å². The van der Waals surface area contributed by atoms with Gasteiger partial charge in [-0.2, -0.15) is 0 Å². The monoisotopic (exact) mass is 409 g/mol. The lowest BCUT2D eigenvalue weighted by atomic mass is 10.2. The Bertz CT molecular complexity index is 943. The lowest BCUT2D eigenvalue weighted by Crippen LogP contribution is -2.31. The van der Waals surface area contributed by atoms with Crippen molar-refractivity contribution in [2.24, 2.45) is 5.73 Å². The molecular formula is C22H23N3O3S. The van der Waals surface area contributed by atoms with Crippen molar-refractivity contribution in [1.82, 2.24) is 9.88 Å². The van der Waals surface area contributed by atoms with E-state index in [2.05, 4.69) is 4.98 Å². The molecule has 0 radical (unpaired) electrons. The molecule has 1 aliphatic rings. The second-order valence-corrected chi connectivity index (χ2v) is 7.99. The average molecular weight is 410 g/mol. The number of carbonyl (C=O) groups excluding carboxylic acids is 1. The first-order valence-electron chi connectivity index (χ1n) is 9.59. The predicted molar refractivity (Wildman–Crippen MR) is 113 cm³/mol. The fourth-order valence-electron chi connectivity index (χ4n) is 3.20. The van der Waals surface area contributed by atoms with Crippen LogP contribution in [0.5, 0.6) is 5.75 Å². The molecule has 0 aliphatic carbocycles. The normalized spacial score (nSPS) is 16.0. The molecule has 1 aromatic heterocycles. The number of hydrogen-bond donors (Lipinski definition) is 1. The number of ether oxygens (including phenoxy) is 2. The topological polar surface area (TPSA) is 77.7 Å². The van der Waals surface area contributed by atoms with E-state index < -0.39 is 0 Å². The van der Waals surface area contributed by atoms with Crippen molar-refractivity contribution in [3.63, 3.8) is 0 Å². The zero-order chi connectivity index (χ0) is 20.1. The SMILES string of the molecule is NCc1cnc(-c2ccc(O[C@@H]3CCN(C(=O)OCc4ccccc4)C3)cc2)s1. The quantitative estimate of drug-likeness (QED) is 0.664. The van der Waals surface area contributed by atoms with Crippen LogP contribution in [0, 0.1) is 0 Å². The van der Waals surface area contributed by atoms with Crippen molar-refractivity contribution in [2.75, 3.05) is 13.1 Å². The van der Waals surface area contributed by atoms with E-state index in [1.165, 1.54) is 0 Å². The van der Waals surface area contributed by atoms with E-state index in [0.29, 0.717) is 19.6 Å². The number of amides is 1. The number of rotatable bonds is 6. The van der Waals surface area contributed by atoms with Crippen molar-refractivity contribution in [3.05, 3.63) is 71.2 Å². The van der Waals surface area contributed by atoms with E-state index >= 15 is 0 Å². The molecule has 4 rings (SSSR count). The van der Waals surface area contributed by atoms with Crippen LogP contribution in [0.3, 0.4) is 0 Å². The zero-order valence-electron chi connectivity index (χ0n) is 16.0. The summed E-state index contributed by atoms with van der Waals surface area (Å²) in [4.78, 5) is 19.4. The largest absolute Gasteiger partial charge is 0.489 e. The first-order chi connectivity index (χ1) is 14.2. The summed E-state index contributed by atoms with van der Waals surface area (Å²) < 4.78 is 11.5. The summed E-state index contributed by atoms with van der Waals surface area (Å²) in [5.41, 5.74) is 7.67. The van der Waals surface area contributed by atoms with Gasteiger partial charge in [-0.1, -0.05) is 30.3 Å². The Morgan fingerprint density at radius 3 is 2.69 bits per heavy atom. The molecule has 6 nitrogen and oxygen atoms in total. The highest BCUT2D eigenvalue weighted by atomic mass is 32.1. The van der Waals surface area contributed by atoms with Gasteiger partial charge < -0.3 is 20.1 Å². The van der Waals surface area contributed by atoms with Crippen molar-refractivity contribution in [2.45, 2.75) is 25.7 Å². The van der Waals surface area contributed by atoms with E-state index in [0.717, 1.165) is 33.2 Å². The minimum atomic E-state index is -0.297. The molecule has 150 valence electrons. The van der Waals surface area contributed by atoms with Crippen LogP contribution < -0.4 is 10.5 Å². The van der Waals surface area contributed by atoms with Gasteiger partial charge in [-0.3, -0.25) is 0 Å². The van der Waals surface area contributed by atoms with Gasteiger partial charge in [0, 0.05) is 36.1 Å². The van der Waals surface area contributed by atoms with Crippen LogP contribution in [0.2, 0.25) is 0 Å². The van der Waals surface area contributed by atoms with Crippen molar-refractivity contribution >= 4 is 17.4 Å². The number of hydrogen-bond acceptors (Lipinski definition) is 6. The maximum atomic E-state index is 12.3. The molecule has 7 heteroatoms. The second-order valence-electron chi connectivity index (χ2n) is 6.87. The maximum Gasteiger partial charge on any atom is 0.410 e. The summed E-state index contributed by atoms with van der Waals surface area (Å²) in [6, 6.07) is 17.5. The van der Waals surface area contributed by atoms with Crippen LogP contribution in [0.4, 0.5) is 4.79 Å². The van der Waals surface area contributed by atoms with Gasteiger partial charge in [0.25, 0.3) is 0 Å². The van der Waals surface area contributed by atoms with Gasteiger partial charge in [0.2, 0.25) is 0 Å². The molecular weight excluding hydrogens is 386 g/mol. The lowest BCUT2D eigenvalue weighted by Gasteiger charge is -2.17. The molecule has 1 amide bonds. The van der Waals surface area contributed by atoms with Gasteiger partial charge in [-0.05, 0) is 29.8 Å². The minimum absolute atomic E-state index is 0.0335. The number of likely N-dealkylation sites (tertiary alicyclic amines) is 1. The Kier molecular flexibility index (Phi) is 6.07. The Balaban J connectivity index is 1.27. The molecule has 29 heavy (non-hydrogen) atoms. The first kappa shape index (κ1) is 19.4. The van der Waals surface area contributed by atoms with Gasteiger partial charge in [-0.25, -0.2) is 9.78 Å². The first-order valence-corrected chi connectivity index (χ1v) is 10.4. The molecule has 3 aromatic rings. The highest BCUT2D eigenvalue weighted by Gasteiger charge is 2.28. The van der Waals surface area contributed by atoms with Gasteiger partial charge in [0.05, 0.1) is 6.54 Å². The van der Waals surface area contributed by atoms with E-state index in [1.807, 2.05) is 60.8 Å². The molecule has 2 heterocycles. The number of nitrogens with two attached hydrogens (primary N) is 1. The Morgan fingerprint density at radius 2 is 1.97 bits per heavy atom. The number of benzene rings is 2. The van der Waals surface area contributed by atoms with E-state index in [4.69, 9.17) is 15.2 Å². The van der Waals surface area contributed by atoms with Crippen LogP contribution >= 0.6 is 11.3 Å². The fraction of sp³-hybridized carbons (Fsp3) is 0.273. The van der Waals surface area contributed by atoms with Gasteiger partial charge >= 0.3 is 6.09 Å². The number of aromatic nitrogens is 1. The van der Waals surface area contributed by atoms with E-state index in [1.54, 1.807) is 16.2 Å². The molecule has 0 bridgehead atoms. The Morgan fingerprint density at radius 1 is 1.17 bits per heavy atom. The molecule has 0 spiro atoms. The molecule has 1 fully saturated rings. The molecule has 1 saturated heterocycles. The highest BCUT2D eigenvalue weighted by molar-refractivity contribution is 7.15. The number of carbonyl (C=O) groups is 1. The molecule has 2 aromatic carbocycles. The standard InChI is InChI=1S/C22H23N3O3S/c23-12-20-13-24-21(29-20)17-6-8-18(9-7-17)28-19-10-11-25(14-19)22(26)27-15-16-4-2-1-3-5-16/h1-9,13,19H,10-12,14-15,23H2/t19-/m1/s1. The van der Waals surface area contributed by atoms with Crippen molar-refractivity contribution in [1.29, 1.82) is 0 Å². The van der Waals surface area contributed by atoms with Crippen LogP contribution in [0.1, 0.15) is 16.9 Å². The van der Waals surface area contributed by atoms with Crippen LogP contribution in [0.15, 0.2) is 60.8 Å². The van der Waals surface area contributed by atoms with Crippen LogP contribution in [-0.4, -0.2) is 35.2 Å². The molecule has 0 unspecified atom stereocenters. The molecule has 0 saturated carbocycles. The van der Waals surface area contributed by atoms with E-state index in [9.17, 15) is 4.79 Å². The van der Waals surface area contributed by atoms with Gasteiger partial charge in [0.15, 0.2) is 0 Å². The molecule has 1 aliphatic heterocycles. The smallest absolute Gasteiger partial charge is 0.410 e. The fourth-order valence-corrected chi connectivity index (χ4v) is 4.00. The highest BCUT2D eigenvalue weighted by Crippen LogP contribution is 2.27. The Hall–Kier alpha value is -2.90. The summed E-state index contributed by atoms with van der Waals surface area (Å²) in [6.45, 7) is 1.95. The third-order valence-corrected chi connectivity index (χ3v) is 5.84. The van der Waals surface area contributed by atoms with E-state index in [-0.39, 0.29) is 18.8 Å². The lowest BCUT2D eigenvalue weighted by molar-refractivity contribution is 0.0991. The number of thiazole rings is 1. The summed E-state index contributed by atoms with van der Waals surface area (Å²) in [6.07, 6.45) is 2.27. The predicted octanol–water partition coefficient (Wildman–Crippen LogP) is 4.06. The summed E-state index contributed by atoms with van der Waals surface area (Å²) in [5, 5.41) is 0.949. The summed E-state index contributed by atoms with van der Waals surface area (Å²) >= 11 is 1.60. The molecule has 2 N–H and O–H groups in total. The maximum absolute atomic E-state index is 12.3. The van der Waals surface area contributed by atoms with Gasteiger partial charge in [-0.15, -0.1) is 11.3 Å². The second kappa shape index (κ2) is 9.07. The average Bonchev–Trinajstić information content (AvgIpc) is 3.43. The van der Waals surface area contributed by atoms with Crippen LogP contribution in [0.25, 0.3) is 10.6 Å². The third-order valence-electron chi connectivity index (χ3n) is 4.77. The van der Waals surface area contributed by atoms with Crippen molar-refractivity contribution < 1.29 is 14.3 Å². The number of nitrogens with zero attached hydrogens (tertiary/aromatic N) is 2. The summed E-state index contributed by atoms with van der Waals surface area (Å²) in [7, 11) is 0.